The summed E-state index contributed by atoms with van der Waals surface area (Å²) in [6, 6.07) is 13.2. The van der Waals surface area contributed by atoms with Gasteiger partial charge in [0.15, 0.2) is 10.2 Å². The lowest BCUT2D eigenvalue weighted by Crippen LogP contribution is -2.40. The summed E-state index contributed by atoms with van der Waals surface area (Å²) in [5.41, 5.74) is 3.90. The highest BCUT2D eigenvalue weighted by Gasteiger charge is 2.40. The smallest absolute Gasteiger partial charge is 0.171 e. The van der Waals surface area contributed by atoms with Gasteiger partial charge in [-0.05, 0) is 128 Å². The van der Waals surface area contributed by atoms with Gasteiger partial charge in [0.05, 0.1) is 21.4 Å². The lowest BCUT2D eigenvalue weighted by Gasteiger charge is -2.25. The van der Waals surface area contributed by atoms with E-state index in [0.717, 1.165) is 52.6 Å². The van der Waals surface area contributed by atoms with Crippen molar-refractivity contribution in [3.63, 3.8) is 0 Å². The molecular formula is C29H34Cl2N4S2. The molecule has 6 rings (SSSR count). The summed E-state index contributed by atoms with van der Waals surface area (Å²) in [6.07, 6.45) is 11.3. The molecule has 0 amide bonds. The van der Waals surface area contributed by atoms with Crippen LogP contribution in [0.2, 0.25) is 10.0 Å². The van der Waals surface area contributed by atoms with E-state index in [9.17, 15) is 0 Å². The van der Waals surface area contributed by atoms with Crippen LogP contribution in [0.15, 0.2) is 36.4 Å². The topological polar surface area (TPSA) is 48.1 Å². The SMILES string of the molecule is S=C(Nc1ccc(Cc2ccc(NC(=S)N[C@@H]3C[C@@H]4CC[C@@H]3C4)c(Cl)c2)cc1Cl)N[C@H]1C[C@@H]2CC[C@@H]1C2. The first-order chi connectivity index (χ1) is 17.9. The van der Waals surface area contributed by atoms with E-state index in [-0.39, 0.29) is 0 Å². The Bertz CT molecular complexity index is 1110. The zero-order valence-electron chi connectivity index (χ0n) is 20.9. The number of rotatable bonds is 6. The Morgan fingerprint density at radius 1 is 0.676 bits per heavy atom. The molecule has 0 unspecified atom stereocenters. The number of fused-ring (bicyclic) bond motifs is 4. The van der Waals surface area contributed by atoms with Gasteiger partial charge < -0.3 is 21.3 Å². The molecule has 0 radical (unpaired) electrons. The molecular weight excluding hydrogens is 539 g/mol. The molecule has 2 aromatic carbocycles. The molecule has 0 aromatic heterocycles. The van der Waals surface area contributed by atoms with Gasteiger partial charge in [-0.15, -0.1) is 0 Å². The largest absolute Gasteiger partial charge is 0.359 e. The van der Waals surface area contributed by atoms with E-state index >= 15 is 0 Å². The first-order valence-electron chi connectivity index (χ1n) is 13.6. The van der Waals surface area contributed by atoms with Crippen molar-refractivity contribution in [1.82, 2.24) is 10.6 Å². The molecule has 4 aliphatic carbocycles. The van der Waals surface area contributed by atoms with Crippen LogP contribution in [0.1, 0.15) is 62.5 Å². The fourth-order valence-electron chi connectivity index (χ4n) is 7.27. The van der Waals surface area contributed by atoms with Crippen LogP contribution in [-0.2, 0) is 6.42 Å². The second-order valence-electron chi connectivity index (χ2n) is 11.6. The van der Waals surface area contributed by atoms with Crippen molar-refractivity contribution in [2.24, 2.45) is 23.7 Å². The summed E-state index contributed by atoms with van der Waals surface area (Å²) in [5.74, 6) is 3.30. The van der Waals surface area contributed by atoms with Gasteiger partial charge in [0.1, 0.15) is 0 Å². The van der Waals surface area contributed by atoms with Gasteiger partial charge in [0.2, 0.25) is 0 Å². The summed E-state index contributed by atoms with van der Waals surface area (Å²) in [5, 5.41) is 16.3. The van der Waals surface area contributed by atoms with E-state index in [1.54, 1.807) is 0 Å². The Morgan fingerprint density at radius 3 is 1.49 bits per heavy atom. The van der Waals surface area contributed by atoms with Crippen LogP contribution in [0, 0.1) is 23.7 Å². The van der Waals surface area contributed by atoms with Gasteiger partial charge in [-0.1, -0.05) is 48.2 Å². The number of hydrogen-bond donors (Lipinski definition) is 4. The highest BCUT2D eigenvalue weighted by Crippen LogP contribution is 2.45. The minimum absolute atomic E-state index is 0.502. The lowest BCUT2D eigenvalue weighted by molar-refractivity contribution is 0.392. The van der Waals surface area contributed by atoms with Gasteiger partial charge in [0.25, 0.3) is 0 Å². The first-order valence-corrected chi connectivity index (χ1v) is 15.2. The second-order valence-corrected chi connectivity index (χ2v) is 13.2. The number of hydrogen-bond acceptors (Lipinski definition) is 2. The summed E-state index contributed by atoms with van der Waals surface area (Å²) in [7, 11) is 0. The molecule has 0 spiro atoms. The van der Waals surface area contributed by atoms with Crippen LogP contribution in [-0.4, -0.2) is 22.3 Å². The molecule has 37 heavy (non-hydrogen) atoms. The van der Waals surface area contributed by atoms with E-state index in [2.05, 4.69) is 33.4 Å². The van der Waals surface area contributed by atoms with E-state index < -0.39 is 0 Å². The fraction of sp³-hybridized carbons (Fsp3) is 0.517. The third-order valence-electron chi connectivity index (χ3n) is 9.08. The predicted octanol–water partition coefficient (Wildman–Crippen LogP) is 7.53. The number of benzene rings is 2. The van der Waals surface area contributed by atoms with Gasteiger partial charge in [0, 0.05) is 12.1 Å². The fourth-order valence-corrected chi connectivity index (χ4v) is 8.30. The maximum atomic E-state index is 6.62. The summed E-state index contributed by atoms with van der Waals surface area (Å²) in [6.45, 7) is 0. The third kappa shape index (κ3) is 5.88. The van der Waals surface area contributed by atoms with Gasteiger partial charge >= 0.3 is 0 Å². The van der Waals surface area contributed by atoms with Crippen LogP contribution >= 0.6 is 47.6 Å². The molecule has 6 atom stereocenters. The molecule has 2 aromatic rings. The lowest BCUT2D eigenvalue weighted by atomic mass is 9.95. The quantitative estimate of drug-likeness (QED) is 0.268. The Labute approximate surface area is 240 Å². The minimum atomic E-state index is 0.502. The molecule has 4 fully saturated rings. The number of nitrogens with one attached hydrogen (secondary N) is 4. The molecule has 4 nitrogen and oxygen atoms in total. The van der Waals surface area contributed by atoms with Crippen molar-refractivity contribution in [3.05, 3.63) is 57.6 Å². The van der Waals surface area contributed by atoms with Crippen LogP contribution in [0.3, 0.4) is 0 Å². The Morgan fingerprint density at radius 2 is 1.14 bits per heavy atom. The molecule has 4 saturated carbocycles. The van der Waals surface area contributed by atoms with Crippen molar-refractivity contribution in [3.8, 4) is 0 Å². The molecule has 8 heteroatoms. The normalized spacial score (nSPS) is 29.4. The Hall–Kier alpha value is -1.60. The zero-order valence-corrected chi connectivity index (χ0v) is 24.0. The van der Waals surface area contributed by atoms with Crippen LogP contribution in [0.25, 0.3) is 0 Å². The first kappa shape index (κ1) is 25.7. The van der Waals surface area contributed by atoms with E-state index in [1.165, 1.54) is 51.4 Å². The van der Waals surface area contributed by atoms with Crippen molar-refractivity contribution >= 4 is 69.2 Å². The van der Waals surface area contributed by atoms with Crippen LogP contribution in [0.5, 0.6) is 0 Å². The summed E-state index contributed by atoms with van der Waals surface area (Å²) in [4.78, 5) is 0. The standard InChI is InChI=1S/C29H34Cl2N4S2/c30-22-12-16(3-7-24(22)32-28(36)34-26-14-18-1-5-20(26)10-18)9-17-4-8-25(23(31)13-17)33-29(37)35-27-15-19-2-6-21(27)11-19/h3-4,7-8,12-13,18-21,26-27H,1-2,5-6,9-11,14-15H2,(H2,32,34,36)(H2,33,35,37)/t18-,19-,20-,21-,26-,27+/m1/s1. The molecule has 0 aliphatic heterocycles. The van der Waals surface area contributed by atoms with Crippen LogP contribution < -0.4 is 21.3 Å². The monoisotopic (exact) mass is 572 g/mol. The molecule has 4 N–H and O–H groups in total. The van der Waals surface area contributed by atoms with Crippen LogP contribution in [0.4, 0.5) is 11.4 Å². The van der Waals surface area contributed by atoms with E-state index in [4.69, 9.17) is 47.6 Å². The maximum Gasteiger partial charge on any atom is 0.171 e. The van der Waals surface area contributed by atoms with E-state index in [1.807, 2.05) is 24.3 Å². The number of anilines is 2. The van der Waals surface area contributed by atoms with Gasteiger partial charge in [-0.2, -0.15) is 0 Å². The Kier molecular flexibility index (Phi) is 7.54. The number of thiocarbonyl (C=S) groups is 2. The van der Waals surface area contributed by atoms with Gasteiger partial charge in [-0.25, -0.2) is 0 Å². The predicted molar refractivity (Wildman–Crippen MR) is 163 cm³/mol. The summed E-state index contributed by atoms with van der Waals surface area (Å²) < 4.78 is 0. The molecule has 4 aliphatic rings. The molecule has 0 heterocycles. The highest BCUT2D eigenvalue weighted by atomic mass is 35.5. The van der Waals surface area contributed by atoms with Crippen molar-refractivity contribution in [2.45, 2.75) is 69.9 Å². The second kappa shape index (κ2) is 10.9. The highest BCUT2D eigenvalue weighted by molar-refractivity contribution is 7.80. The van der Waals surface area contributed by atoms with Crippen molar-refractivity contribution < 1.29 is 0 Å². The van der Waals surface area contributed by atoms with Crippen molar-refractivity contribution in [2.75, 3.05) is 10.6 Å². The average Bonchev–Trinajstić information content (AvgIpc) is 3.65. The van der Waals surface area contributed by atoms with E-state index in [0.29, 0.717) is 32.4 Å². The average molecular weight is 574 g/mol. The minimum Gasteiger partial charge on any atom is -0.359 e. The third-order valence-corrected chi connectivity index (χ3v) is 10.1. The molecule has 4 bridgehead atoms. The Balaban J connectivity index is 1.02. The molecule has 196 valence electrons. The summed E-state index contributed by atoms with van der Waals surface area (Å²) >= 11 is 24.4. The zero-order chi connectivity index (χ0) is 25.5. The maximum absolute atomic E-state index is 6.62. The van der Waals surface area contributed by atoms with Gasteiger partial charge in [-0.3, -0.25) is 0 Å². The van der Waals surface area contributed by atoms with Crippen molar-refractivity contribution in [1.29, 1.82) is 0 Å². The molecule has 0 saturated heterocycles. The number of halogens is 2.